The lowest BCUT2D eigenvalue weighted by Gasteiger charge is -1.96. The van der Waals surface area contributed by atoms with Crippen molar-refractivity contribution in [3.05, 3.63) is 12.4 Å². The Morgan fingerprint density at radius 1 is 1.75 bits per heavy atom. The van der Waals surface area contributed by atoms with Crippen molar-refractivity contribution in [2.45, 2.75) is 6.92 Å². The number of nitrogens with zero attached hydrogens (tertiary/aromatic N) is 3. The van der Waals surface area contributed by atoms with Crippen molar-refractivity contribution in [1.29, 1.82) is 0 Å². The van der Waals surface area contributed by atoms with Gasteiger partial charge < -0.3 is 5.43 Å². The quantitative estimate of drug-likeness (QED) is 0.578. The normalized spacial score (nSPS) is 9.12. The standard InChI is InChI=1S/C4H8N4/c1-2-6-8-4-3-5-7-8/h3-4,6H,2H2,1H3. The van der Waals surface area contributed by atoms with Gasteiger partial charge in [0, 0.05) is 6.54 Å². The van der Waals surface area contributed by atoms with Gasteiger partial charge in [-0.05, 0) is 12.1 Å². The summed E-state index contributed by atoms with van der Waals surface area (Å²) >= 11 is 0. The van der Waals surface area contributed by atoms with Crippen LogP contribution in [0.25, 0.3) is 0 Å². The largest absolute Gasteiger partial charge is 0.309 e. The molecule has 0 radical (unpaired) electrons. The second-order valence-electron chi connectivity index (χ2n) is 1.36. The van der Waals surface area contributed by atoms with Crippen LogP contribution in [0.2, 0.25) is 0 Å². The molecule has 0 aliphatic carbocycles. The summed E-state index contributed by atoms with van der Waals surface area (Å²) in [5, 5.41) is 7.25. The molecule has 44 valence electrons. The summed E-state index contributed by atoms with van der Waals surface area (Å²) in [6.45, 7) is 2.87. The molecule has 0 unspecified atom stereocenters. The van der Waals surface area contributed by atoms with Gasteiger partial charge in [0.05, 0.1) is 12.4 Å². The van der Waals surface area contributed by atoms with Gasteiger partial charge in [-0.1, -0.05) is 0 Å². The Kier molecular flexibility index (Phi) is 1.46. The summed E-state index contributed by atoms with van der Waals surface area (Å²) in [7, 11) is 0. The molecule has 1 aromatic heterocycles. The Morgan fingerprint density at radius 3 is 3.12 bits per heavy atom. The minimum atomic E-state index is 0.864. The van der Waals surface area contributed by atoms with Gasteiger partial charge in [0.15, 0.2) is 0 Å². The molecule has 1 heterocycles. The van der Waals surface area contributed by atoms with E-state index < -0.39 is 0 Å². The molecule has 8 heavy (non-hydrogen) atoms. The van der Waals surface area contributed by atoms with Gasteiger partial charge in [0.1, 0.15) is 0 Å². The van der Waals surface area contributed by atoms with Gasteiger partial charge >= 0.3 is 0 Å². The number of rotatable bonds is 2. The lowest BCUT2D eigenvalue weighted by molar-refractivity contribution is 0.702. The topological polar surface area (TPSA) is 42.7 Å². The van der Waals surface area contributed by atoms with E-state index in [-0.39, 0.29) is 0 Å². The van der Waals surface area contributed by atoms with Crippen molar-refractivity contribution in [3.63, 3.8) is 0 Å². The maximum Gasteiger partial charge on any atom is 0.0715 e. The third-order valence-electron chi connectivity index (χ3n) is 0.743. The zero-order chi connectivity index (χ0) is 5.82. The maximum absolute atomic E-state index is 3.66. The molecule has 0 aliphatic heterocycles. The lowest BCUT2D eigenvalue weighted by Crippen LogP contribution is -2.13. The molecule has 1 aromatic rings. The average molecular weight is 112 g/mol. The molecule has 0 atom stereocenters. The summed E-state index contributed by atoms with van der Waals surface area (Å²) in [4.78, 5) is 1.57. The van der Waals surface area contributed by atoms with Gasteiger partial charge in [-0.15, -0.1) is 5.10 Å². The predicted octanol–water partition coefficient (Wildman–Crippen LogP) is -0.159. The van der Waals surface area contributed by atoms with Crippen LogP contribution < -0.4 is 5.43 Å². The molecule has 0 aromatic carbocycles. The van der Waals surface area contributed by atoms with Crippen LogP contribution in [0, 0.1) is 0 Å². The Labute approximate surface area is 47.5 Å². The van der Waals surface area contributed by atoms with Crippen molar-refractivity contribution in [2.75, 3.05) is 12.0 Å². The molecule has 0 saturated carbocycles. The van der Waals surface area contributed by atoms with Crippen LogP contribution in [0.15, 0.2) is 12.4 Å². The first-order chi connectivity index (χ1) is 3.93. The van der Waals surface area contributed by atoms with Crippen LogP contribution in [-0.2, 0) is 0 Å². The first kappa shape index (κ1) is 5.08. The van der Waals surface area contributed by atoms with E-state index in [0.29, 0.717) is 0 Å². The van der Waals surface area contributed by atoms with E-state index >= 15 is 0 Å². The Bertz CT molecular complexity index is 134. The summed E-state index contributed by atoms with van der Waals surface area (Å²) in [6.07, 6.45) is 3.38. The van der Waals surface area contributed by atoms with Crippen LogP contribution in [0.3, 0.4) is 0 Å². The number of hydrogen-bond donors (Lipinski definition) is 1. The van der Waals surface area contributed by atoms with E-state index in [2.05, 4.69) is 15.7 Å². The molecule has 0 amide bonds. The van der Waals surface area contributed by atoms with Crippen molar-refractivity contribution in [2.24, 2.45) is 0 Å². The first-order valence-electron chi connectivity index (χ1n) is 2.53. The van der Waals surface area contributed by atoms with Gasteiger partial charge in [-0.25, -0.2) is 0 Å². The lowest BCUT2D eigenvalue weighted by atomic mass is 10.8. The second kappa shape index (κ2) is 2.30. The van der Waals surface area contributed by atoms with Crippen LogP contribution in [0.5, 0.6) is 0 Å². The third-order valence-corrected chi connectivity index (χ3v) is 0.743. The fraction of sp³-hybridized carbons (Fsp3) is 0.500. The Balaban J connectivity index is 2.50. The summed E-state index contributed by atoms with van der Waals surface area (Å²) in [5.74, 6) is 0. The molecular weight excluding hydrogens is 104 g/mol. The van der Waals surface area contributed by atoms with E-state index in [1.54, 1.807) is 17.2 Å². The third kappa shape index (κ3) is 0.959. The Hall–Kier alpha value is -1.06. The van der Waals surface area contributed by atoms with E-state index in [1.807, 2.05) is 6.92 Å². The highest BCUT2D eigenvalue weighted by Crippen LogP contribution is 1.70. The minimum Gasteiger partial charge on any atom is -0.309 e. The highest BCUT2D eigenvalue weighted by molar-refractivity contribution is 4.69. The molecule has 0 spiro atoms. The van der Waals surface area contributed by atoms with Crippen molar-refractivity contribution in [1.82, 2.24) is 15.1 Å². The Morgan fingerprint density at radius 2 is 2.62 bits per heavy atom. The van der Waals surface area contributed by atoms with Crippen molar-refractivity contribution in [3.8, 4) is 0 Å². The van der Waals surface area contributed by atoms with Crippen LogP contribution in [-0.4, -0.2) is 21.6 Å². The molecule has 0 aliphatic rings. The van der Waals surface area contributed by atoms with Gasteiger partial charge in [-0.3, -0.25) is 0 Å². The number of hydrogen-bond acceptors (Lipinski definition) is 3. The van der Waals surface area contributed by atoms with Crippen molar-refractivity contribution < 1.29 is 0 Å². The molecule has 0 fully saturated rings. The molecule has 4 nitrogen and oxygen atoms in total. The molecule has 0 bridgehead atoms. The van der Waals surface area contributed by atoms with Gasteiger partial charge in [-0.2, -0.15) is 4.79 Å². The molecular formula is C4H8N4. The fourth-order valence-corrected chi connectivity index (χ4v) is 0.455. The van der Waals surface area contributed by atoms with E-state index in [1.165, 1.54) is 0 Å². The van der Waals surface area contributed by atoms with Crippen molar-refractivity contribution >= 4 is 0 Å². The monoisotopic (exact) mass is 112 g/mol. The molecule has 1 rings (SSSR count). The van der Waals surface area contributed by atoms with Crippen LogP contribution in [0.4, 0.5) is 0 Å². The molecule has 4 heteroatoms. The summed E-state index contributed by atoms with van der Waals surface area (Å²) in [5.41, 5.74) is 2.93. The SMILES string of the molecule is CCNn1ccnn1. The predicted molar refractivity (Wildman–Crippen MR) is 29.9 cm³/mol. The van der Waals surface area contributed by atoms with E-state index in [9.17, 15) is 0 Å². The highest BCUT2D eigenvalue weighted by Gasteiger charge is 1.80. The van der Waals surface area contributed by atoms with Gasteiger partial charge in [0.2, 0.25) is 0 Å². The summed E-state index contributed by atoms with van der Waals surface area (Å²) in [6, 6.07) is 0. The van der Waals surface area contributed by atoms with E-state index in [0.717, 1.165) is 6.54 Å². The van der Waals surface area contributed by atoms with Crippen LogP contribution in [0.1, 0.15) is 6.92 Å². The highest BCUT2D eigenvalue weighted by atomic mass is 15.6. The van der Waals surface area contributed by atoms with Gasteiger partial charge in [0.25, 0.3) is 0 Å². The summed E-state index contributed by atoms with van der Waals surface area (Å²) < 4.78 is 0. The first-order valence-corrected chi connectivity index (χ1v) is 2.53. The second-order valence-corrected chi connectivity index (χ2v) is 1.36. The van der Waals surface area contributed by atoms with Crippen LogP contribution >= 0.6 is 0 Å². The molecule has 1 N–H and O–H groups in total. The fourth-order valence-electron chi connectivity index (χ4n) is 0.455. The smallest absolute Gasteiger partial charge is 0.0715 e. The number of nitrogens with one attached hydrogen (secondary N) is 1. The average Bonchev–Trinajstić information content (AvgIpc) is 2.19. The zero-order valence-corrected chi connectivity index (χ0v) is 4.70. The van der Waals surface area contributed by atoms with E-state index in [4.69, 9.17) is 0 Å². The zero-order valence-electron chi connectivity index (χ0n) is 4.70. The minimum absolute atomic E-state index is 0.864. The maximum atomic E-state index is 3.66. The number of aromatic nitrogens is 3. The molecule has 0 saturated heterocycles.